The van der Waals surface area contributed by atoms with Crippen LogP contribution in [0.5, 0.6) is 0 Å². The van der Waals surface area contributed by atoms with Gasteiger partial charge >= 0.3 is 0 Å². The quantitative estimate of drug-likeness (QED) is 0.514. The highest BCUT2D eigenvalue weighted by atomic mass is 32.2. The van der Waals surface area contributed by atoms with Crippen LogP contribution >= 0.6 is 11.8 Å². The molecule has 0 aromatic rings. The Morgan fingerprint density at radius 2 is 2.20 bits per heavy atom. The molecule has 0 saturated carbocycles. The van der Waals surface area contributed by atoms with E-state index in [4.69, 9.17) is 0 Å². The number of hydrogen-bond acceptors (Lipinski definition) is 4. The summed E-state index contributed by atoms with van der Waals surface area (Å²) in [5, 5.41) is 0. The molecule has 5 heteroatoms. The van der Waals surface area contributed by atoms with Gasteiger partial charge < -0.3 is 0 Å². The minimum Gasteiger partial charge on any atom is -0.299 e. The van der Waals surface area contributed by atoms with E-state index in [-0.39, 0.29) is 23.5 Å². The standard InChI is InChI=1S/C10H15NO3S/c1-7-5-9(13)11(10(7)14)3-4-15-6-8(2)12/h7H,3-6H2,1-2H3. The zero-order chi connectivity index (χ0) is 11.4. The van der Waals surface area contributed by atoms with Gasteiger partial charge in [-0.3, -0.25) is 19.3 Å². The normalized spacial score (nSPS) is 21.2. The van der Waals surface area contributed by atoms with Crippen molar-refractivity contribution in [1.29, 1.82) is 0 Å². The Morgan fingerprint density at radius 1 is 1.53 bits per heavy atom. The Balaban J connectivity index is 2.29. The maximum absolute atomic E-state index is 11.5. The van der Waals surface area contributed by atoms with Gasteiger partial charge in [0.15, 0.2) is 0 Å². The van der Waals surface area contributed by atoms with E-state index in [2.05, 4.69) is 0 Å². The number of thioether (sulfide) groups is 1. The lowest BCUT2D eigenvalue weighted by Crippen LogP contribution is -2.32. The Bertz CT molecular complexity index is 290. The zero-order valence-electron chi connectivity index (χ0n) is 8.99. The van der Waals surface area contributed by atoms with Crippen molar-refractivity contribution in [1.82, 2.24) is 4.90 Å². The summed E-state index contributed by atoms with van der Waals surface area (Å²) in [4.78, 5) is 34.8. The van der Waals surface area contributed by atoms with E-state index in [1.807, 2.05) is 0 Å². The molecule has 1 heterocycles. The highest BCUT2D eigenvalue weighted by molar-refractivity contribution is 7.99. The number of imide groups is 1. The fraction of sp³-hybridized carbons (Fsp3) is 0.700. The van der Waals surface area contributed by atoms with Crippen LogP contribution < -0.4 is 0 Å². The van der Waals surface area contributed by atoms with Crippen LogP contribution in [-0.2, 0) is 14.4 Å². The van der Waals surface area contributed by atoms with E-state index in [1.54, 1.807) is 6.92 Å². The molecule has 1 fully saturated rings. The second kappa shape index (κ2) is 5.30. The molecule has 1 saturated heterocycles. The average Bonchev–Trinajstić information content (AvgIpc) is 2.37. The number of likely N-dealkylation sites (tertiary alicyclic amines) is 1. The maximum atomic E-state index is 11.5. The monoisotopic (exact) mass is 229 g/mol. The molecule has 1 aliphatic heterocycles. The molecule has 0 bridgehead atoms. The number of carbonyl (C=O) groups is 3. The first-order valence-electron chi connectivity index (χ1n) is 4.93. The molecule has 1 rings (SSSR count). The Labute approximate surface area is 93.4 Å². The zero-order valence-corrected chi connectivity index (χ0v) is 9.80. The number of nitrogens with zero attached hydrogens (tertiary/aromatic N) is 1. The molecule has 0 aromatic carbocycles. The minimum atomic E-state index is -0.171. The van der Waals surface area contributed by atoms with Crippen LogP contribution in [0.25, 0.3) is 0 Å². The lowest BCUT2D eigenvalue weighted by Gasteiger charge is -2.13. The van der Waals surface area contributed by atoms with Crippen molar-refractivity contribution in [2.75, 3.05) is 18.1 Å². The summed E-state index contributed by atoms with van der Waals surface area (Å²) in [7, 11) is 0. The second-order valence-electron chi connectivity index (χ2n) is 3.74. The summed E-state index contributed by atoms with van der Waals surface area (Å²) in [6, 6.07) is 0. The van der Waals surface area contributed by atoms with Crippen molar-refractivity contribution in [3.8, 4) is 0 Å². The number of ketones is 1. The number of Topliss-reactive ketones (excluding diaryl/α,β-unsaturated/α-hetero) is 1. The van der Waals surface area contributed by atoms with E-state index in [1.165, 1.54) is 23.6 Å². The van der Waals surface area contributed by atoms with Crippen molar-refractivity contribution in [3.63, 3.8) is 0 Å². The van der Waals surface area contributed by atoms with Crippen LogP contribution in [0.3, 0.4) is 0 Å². The number of rotatable bonds is 5. The molecule has 15 heavy (non-hydrogen) atoms. The molecule has 1 aliphatic rings. The molecule has 1 unspecified atom stereocenters. The topological polar surface area (TPSA) is 54.5 Å². The Hall–Kier alpha value is -0.840. The molecule has 4 nitrogen and oxygen atoms in total. The van der Waals surface area contributed by atoms with Gasteiger partial charge in [-0.2, -0.15) is 11.8 Å². The van der Waals surface area contributed by atoms with Gasteiger partial charge in [-0.1, -0.05) is 6.92 Å². The summed E-state index contributed by atoms with van der Waals surface area (Å²) in [5.41, 5.74) is 0. The van der Waals surface area contributed by atoms with Crippen LogP contribution in [0, 0.1) is 5.92 Å². The highest BCUT2D eigenvalue weighted by Crippen LogP contribution is 2.18. The largest absolute Gasteiger partial charge is 0.299 e. The average molecular weight is 229 g/mol. The third-order valence-electron chi connectivity index (χ3n) is 2.23. The maximum Gasteiger partial charge on any atom is 0.232 e. The van der Waals surface area contributed by atoms with E-state index in [9.17, 15) is 14.4 Å². The predicted octanol–water partition coefficient (Wildman–Crippen LogP) is 0.704. The summed E-state index contributed by atoms with van der Waals surface area (Å²) in [5.74, 6) is 0.873. The molecule has 0 N–H and O–H groups in total. The van der Waals surface area contributed by atoms with Gasteiger partial charge in [0.2, 0.25) is 11.8 Å². The molecular formula is C10H15NO3S. The van der Waals surface area contributed by atoms with Gasteiger partial charge in [-0.05, 0) is 6.92 Å². The van der Waals surface area contributed by atoms with Crippen LogP contribution in [0.15, 0.2) is 0 Å². The first-order valence-corrected chi connectivity index (χ1v) is 6.09. The van der Waals surface area contributed by atoms with Gasteiger partial charge in [0.05, 0.1) is 5.75 Å². The molecule has 84 valence electrons. The van der Waals surface area contributed by atoms with E-state index < -0.39 is 0 Å². The third kappa shape index (κ3) is 3.34. The van der Waals surface area contributed by atoms with Crippen LogP contribution in [-0.4, -0.2) is 40.5 Å². The van der Waals surface area contributed by atoms with Gasteiger partial charge in [0.25, 0.3) is 0 Å². The van der Waals surface area contributed by atoms with Gasteiger partial charge in [0.1, 0.15) is 5.78 Å². The van der Waals surface area contributed by atoms with Gasteiger partial charge in [-0.15, -0.1) is 0 Å². The molecule has 2 amide bonds. The minimum absolute atomic E-state index is 0.0802. The summed E-state index contributed by atoms with van der Waals surface area (Å²) >= 11 is 1.46. The smallest absolute Gasteiger partial charge is 0.232 e. The fourth-order valence-corrected chi connectivity index (χ4v) is 2.20. The lowest BCUT2D eigenvalue weighted by atomic mass is 10.1. The van der Waals surface area contributed by atoms with Gasteiger partial charge in [-0.25, -0.2) is 0 Å². The van der Waals surface area contributed by atoms with Crippen molar-refractivity contribution >= 4 is 29.4 Å². The van der Waals surface area contributed by atoms with Gasteiger partial charge in [0, 0.05) is 24.6 Å². The van der Waals surface area contributed by atoms with E-state index >= 15 is 0 Å². The Morgan fingerprint density at radius 3 is 2.67 bits per heavy atom. The first-order chi connectivity index (χ1) is 7.02. The predicted molar refractivity (Wildman–Crippen MR) is 58.5 cm³/mol. The van der Waals surface area contributed by atoms with Crippen LogP contribution in [0.4, 0.5) is 0 Å². The summed E-state index contributed by atoms with van der Waals surface area (Å²) < 4.78 is 0. The van der Waals surface area contributed by atoms with E-state index in [0.717, 1.165) is 0 Å². The number of amides is 2. The third-order valence-corrected chi connectivity index (χ3v) is 3.32. The molecule has 0 aromatic heterocycles. The van der Waals surface area contributed by atoms with Crippen LogP contribution in [0.2, 0.25) is 0 Å². The molecule has 1 atom stereocenters. The van der Waals surface area contributed by atoms with Crippen molar-refractivity contribution < 1.29 is 14.4 Å². The highest BCUT2D eigenvalue weighted by Gasteiger charge is 2.34. The second-order valence-corrected chi connectivity index (χ2v) is 4.85. The van der Waals surface area contributed by atoms with Crippen LogP contribution in [0.1, 0.15) is 20.3 Å². The SMILES string of the molecule is CC(=O)CSCCN1C(=O)CC(C)C1=O. The fourth-order valence-electron chi connectivity index (χ4n) is 1.45. The molecule has 0 radical (unpaired) electrons. The lowest BCUT2D eigenvalue weighted by molar-refractivity contribution is -0.138. The number of hydrogen-bond donors (Lipinski definition) is 0. The van der Waals surface area contributed by atoms with Crippen molar-refractivity contribution in [2.45, 2.75) is 20.3 Å². The first kappa shape index (κ1) is 12.2. The van der Waals surface area contributed by atoms with Crippen molar-refractivity contribution in [2.24, 2.45) is 5.92 Å². The molecule has 0 spiro atoms. The van der Waals surface area contributed by atoms with Crippen molar-refractivity contribution in [3.05, 3.63) is 0 Å². The molecular weight excluding hydrogens is 214 g/mol. The van der Waals surface area contributed by atoms with E-state index in [0.29, 0.717) is 24.5 Å². The summed E-state index contributed by atoms with van der Waals surface area (Å²) in [6.07, 6.45) is 0.330. The Kier molecular flexibility index (Phi) is 4.32. The molecule has 0 aliphatic carbocycles. The number of carbonyl (C=O) groups excluding carboxylic acids is 3. The summed E-state index contributed by atoms with van der Waals surface area (Å²) in [6.45, 7) is 3.73.